The Labute approximate surface area is 151 Å². The summed E-state index contributed by atoms with van der Waals surface area (Å²) < 4.78 is 10.5. The predicted octanol–water partition coefficient (Wildman–Crippen LogP) is 1.52. The van der Waals surface area contributed by atoms with Crippen LogP contribution in [0.1, 0.15) is 25.5 Å². The molecule has 2 atom stereocenters. The van der Waals surface area contributed by atoms with Crippen molar-refractivity contribution >= 4 is 5.91 Å². The number of ether oxygens (including phenoxy) is 2. The molecule has 25 heavy (non-hydrogen) atoms. The molecule has 0 spiro atoms. The van der Waals surface area contributed by atoms with Gasteiger partial charge in [0.2, 0.25) is 5.91 Å². The van der Waals surface area contributed by atoms with E-state index in [2.05, 4.69) is 22.0 Å². The second-order valence-electron chi connectivity index (χ2n) is 6.64. The van der Waals surface area contributed by atoms with Crippen molar-refractivity contribution in [3.05, 3.63) is 29.8 Å². The van der Waals surface area contributed by atoms with Gasteiger partial charge in [0.15, 0.2) is 0 Å². The molecule has 0 saturated carbocycles. The molecule has 1 fully saturated rings. The summed E-state index contributed by atoms with van der Waals surface area (Å²) in [6.45, 7) is 9.11. The third-order valence-corrected chi connectivity index (χ3v) is 4.78. The van der Waals surface area contributed by atoms with E-state index in [0.29, 0.717) is 12.6 Å². The van der Waals surface area contributed by atoms with Crippen molar-refractivity contribution < 1.29 is 14.3 Å². The van der Waals surface area contributed by atoms with Crippen molar-refractivity contribution in [2.45, 2.75) is 25.9 Å². The minimum Gasteiger partial charge on any atom is -0.496 e. The Balaban J connectivity index is 1.82. The number of amides is 1. The van der Waals surface area contributed by atoms with E-state index in [0.717, 1.165) is 44.1 Å². The average Bonchev–Trinajstić information content (AvgIpc) is 2.60. The molecule has 1 aromatic rings. The summed E-state index contributed by atoms with van der Waals surface area (Å²) in [5, 5.41) is 3.08. The molecule has 1 amide bonds. The van der Waals surface area contributed by atoms with Gasteiger partial charge in [0.05, 0.1) is 26.3 Å². The van der Waals surface area contributed by atoms with Gasteiger partial charge in [-0.15, -0.1) is 0 Å². The Morgan fingerprint density at radius 2 is 2.08 bits per heavy atom. The molecule has 1 heterocycles. The summed E-state index contributed by atoms with van der Waals surface area (Å²) in [6, 6.07) is 8.15. The lowest BCUT2D eigenvalue weighted by Gasteiger charge is -2.39. The highest BCUT2D eigenvalue weighted by Crippen LogP contribution is 2.24. The lowest BCUT2D eigenvalue weighted by molar-refractivity contribution is -0.123. The van der Waals surface area contributed by atoms with Crippen LogP contribution >= 0.6 is 0 Å². The normalized spacial score (nSPS) is 20.2. The van der Waals surface area contributed by atoms with E-state index in [1.165, 1.54) is 0 Å². The first-order valence-corrected chi connectivity index (χ1v) is 8.92. The van der Waals surface area contributed by atoms with Crippen LogP contribution in [-0.2, 0) is 9.53 Å². The SMILES string of the molecule is COCCN1CCN(CC(=O)NC(C)c2ccccc2OC)CC1C. The van der Waals surface area contributed by atoms with Crippen LogP contribution in [0, 0.1) is 0 Å². The van der Waals surface area contributed by atoms with Gasteiger partial charge in [0.1, 0.15) is 5.75 Å². The molecule has 0 aromatic heterocycles. The summed E-state index contributed by atoms with van der Waals surface area (Å²) in [5.74, 6) is 0.853. The summed E-state index contributed by atoms with van der Waals surface area (Å²) in [6.07, 6.45) is 0. The highest BCUT2D eigenvalue weighted by atomic mass is 16.5. The van der Waals surface area contributed by atoms with Crippen molar-refractivity contribution in [3.63, 3.8) is 0 Å². The first kappa shape index (κ1) is 19.7. The summed E-state index contributed by atoms with van der Waals surface area (Å²) in [5.41, 5.74) is 0.996. The Morgan fingerprint density at radius 3 is 2.76 bits per heavy atom. The van der Waals surface area contributed by atoms with Gasteiger partial charge in [-0.1, -0.05) is 18.2 Å². The molecule has 6 nitrogen and oxygen atoms in total. The molecule has 1 aliphatic rings. The van der Waals surface area contributed by atoms with Crippen LogP contribution in [-0.4, -0.2) is 75.3 Å². The highest BCUT2D eigenvalue weighted by molar-refractivity contribution is 5.78. The fourth-order valence-electron chi connectivity index (χ4n) is 3.35. The molecule has 1 N–H and O–H groups in total. The fourth-order valence-corrected chi connectivity index (χ4v) is 3.35. The first-order chi connectivity index (χ1) is 12.0. The second-order valence-corrected chi connectivity index (χ2v) is 6.64. The standard InChI is InChI=1S/C19H31N3O3/c1-15-13-21(9-10-22(15)11-12-24-3)14-19(23)20-16(2)17-7-5-6-8-18(17)25-4/h5-8,15-16H,9-14H2,1-4H3,(H,20,23). The van der Waals surface area contributed by atoms with E-state index in [9.17, 15) is 4.79 Å². The molecule has 2 rings (SSSR count). The lowest BCUT2D eigenvalue weighted by atomic mass is 10.1. The third kappa shape index (κ3) is 5.70. The van der Waals surface area contributed by atoms with Crippen LogP contribution in [0.5, 0.6) is 5.75 Å². The van der Waals surface area contributed by atoms with Crippen molar-refractivity contribution in [1.82, 2.24) is 15.1 Å². The van der Waals surface area contributed by atoms with E-state index in [1.54, 1.807) is 14.2 Å². The number of nitrogens with one attached hydrogen (secondary N) is 1. The topological polar surface area (TPSA) is 54.0 Å². The van der Waals surface area contributed by atoms with Crippen LogP contribution in [0.3, 0.4) is 0 Å². The van der Waals surface area contributed by atoms with E-state index in [1.807, 2.05) is 31.2 Å². The monoisotopic (exact) mass is 349 g/mol. The minimum absolute atomic E-state index is 0.0518. The summed E-state index contributed by atoms with van der Waals surface area (Å²) in [7, 11) is 3.38. The Kier molecular flexibility index (Phi) is 7.68. The lowest BCUT2D eigenvalue weighted by Crippen LogP contribution is -2.54. The van der Waals surface area contributed by atoms with Crippen molar-refractivity contribution in [3.8, 4) is 5.75 Å². The maximum absolute atomic E-state index is 12.4. The van der Waals surface area contributed by atoms with Gasteiger partial charge in [-0.3, -0.25) is 14.6 Å². The number of nitrogens with zero attached hydrogens (tertiary/aromatic N) is 2. The first-order valence-electron chi connectivity index (χ1n) is 8.92. The molecule has 140 valence electrons. The Hall–Kier alpha value is -1.63. The highest BCUT2D eigenvalue weighted by Gasteiger charge is 2.25. The minimum atomic E-state index is -0.0796. The number of carbonyl (C=O) groups excluding carboxylic acids is 1. The number of hydrogen-bond donors (Lipinski definition) is 1. The molecule has 0 aliphatic carbocycles. The number of rotatable bonds is 8. The second kappa shape index (κ2) is 9.75. The molecular formula is C19H31N3O3. The molecule has 6 heteroatoms. The molecule has 2 unspecified atom stereocenters. The van der Waals surface area contributed by atoms with Crippen LogP contribution in [0.4, 0.5) is 0 Å². The van der Waals surface area contributed by atoms with Crippen LogP contribution in [0.15, 0.2) is 24.3 Å². The number of benzene rings is 1. The van der Waals surface area contributed by atoms with Crippen molar-refractivity contribution in [2.24, 2.45) is 0 Å². The van der Waals surface area contributed by atoms with E-state index in [4.69, 9.17) is 9.47 Å². The zero-order valence-electron chi connectivity index (χ0n) is 15.8. The third-order valence-electron chi connectivity index (χ3n) is 4.78. The maximum atomic E-state index is 12.4. The average molecular weight is 349 g/mol. The van der Waals surface area contributed by atoms with Gasteiger partial charge in [0.25, 0.3) is 0 Å². The van der Waals surface area contributed by atoms with E-state index >= 15 is 0 Å². The van der Waals surface area contributed by atoms with Gasteiger partial charge >= 0.3 is 0 Å². The van der Waals surface area contributed by atoms with Crippen LogP contribution in [0.25, 0.3) is 0 Å². The van der Waals surface area contributed by atoms with E-state index < -0.39 is 0 Å². The molecule has 1 aromatic carbocycles. The molecule has 1 saturated heterocycles. The van der Waals surface area contributed by atoms with Crippen molar-refractivity contribution in [2.75, 3.05) is 53.6 Å². The Bertz CT molecular complexity index is 552. The van der Waals surface area contributed by atoms with Gasteiger partial charge in [0, 0.05) is 44.9 Å². The maximum Gasteiger partial charge on any atom is 0.234 e. The molecule has 1 aliphatic heterocycles. The number of para-hydroxylation sites is 1. The molecular weight excluding hydrogens is 318 g/mol. The number of piperazine rings is 1. The summed E-state index contributed by atoms with van der Waals surface area (Å²) in [4.78, 5) is 17.1. The van der Waals surface area contributed by atoms with E-state index in [-0.39, 0.29) is 11.9 Å². The quantitative estimate of drug-likeness (QED) is 0.771. The van der Waals surface area contributed by atoms with Gasteiger partial charge in [-0.05, 0) is 19.9 Å². The largest absolute Gasteiger partial charge is 0.496 e. The van der Waals surface area contributed by atoms with Crippen LogP contribution in [0.2, 0.25) is 0 Å². The fraction of sp³-hybridized carbons (Fsp3) is 0.632. The van der Waals surface area contributed by atoms with Gasteiger partial charge in [-0.2, -0.15) is 0 Å². The smallest absolute Gasteiger partial charge is 0.234 e. The molecule has 0 bridgehead atoms. The van der Waals surface area contributed by atoms with Crippen molar-refractivity contribution in [1.29, 1.82) is 0 Å². The summed E-state index contributed by atoms with van der Waals surface area (Å²) >= 11 is 0. The predicted molar refractivity (Wildman–Crippen MR) is 98.9 cm³/mol. The number of methoxy groups -OCH3 is 2. The zero-order chi connectivity index (χ0) is 18.2. The number of hydrogen-bond acceptors (Lipinski definition) is 5. The van der Waals surface area contributed by atoms with Gasteiger partial charge in [-0.25, -0.2) is 0 Å². The van der Waals surface area contributed by atoms with Gasteiger partial charge < -0.3 is 14.8 Å². The Morgan fingerprint density at radius 1 is 1.32 bits per heavy atom. The van der Waals surface area contributed by atoms with Crippen LogP contribution < -0.4 is 10.1 Å². The molecule has 0 radical (unpaired) electrons. The number of carbonyl (C=O) groups is 1. The zero-order valence-corrected chi connectivity index (χ0v) is 15.8.